The van der Waals surface area contributed by atoms with Crippen molar-refractivity contribution in [1.82, 2.24) is 19.7 Å². The van der Waals surface area contributed by atoms with Crippen LogP contribution in [0.25, 0.3) is 22.2 Å². The van der Waals surface area contributed by atoms with Gasteiger partial charge < -0.3 is 15.4 Å². The van der Waals surface area contributed by atoms with Crippen LogP contribution in [0.2, 0.25) is 0 Å². The van der Waals surface area contributed by atoms with Gasteiger partial charge in [-0.2, -0.15) is 5.10 Å². The molecule has 0 aliphatic rings. The van der Waals surface area contributed by atoms with E-state index in [1.807, 2.05) is 36.4 Å². The minimum Gasteiger partial charge on any atom is -0.497 e. The second-order valence-corrected chi connectivity index (χ2v) is 7.97. The first-order valence-corrected chi connectivity index (χ1v) is 11.2. The molecule has 0 radical (unpaired) electrons. The second-order valence-electron chi connectivity index (χ2n) is 7.97. The van der Waals surface area contributed by atoms with Crippen LogP contribution in [0.5, 0.6) is 5.75 Å². The first kappa shape index (κ1) is 22.7. The first-order valence-electron chi connectivity index (χ1n) is 11.2. The molecule has 0 spiro atoms. The van der Waals surface area contributed by atoms with Crippen molar-refractivity contribution in [3.63, 3.8) is 0 Å². The Hall–Kier alpha value is -5.05. The highest BCUT2D eigenvalue weighted by Gasteiger charge is 2.15. The lowest BCUT2D eigenvalue weighted by molar-refractivity contribution is -0.116. The third-order valence-corrected chi connectivity index (χ3v) is 5.51. The monoisotopic (exact) mass is 478 g/mol. The quantitative estimate of drug-likeness (QED) is 0.359. The number of fused-ring (bicyclic) bond motifs is 1. The van der Waals surface area contributed by atoms with Gasteiger partial charge in [0.1, 0.15) is 12.3 Å². The molecule has 0 aliphatic carbocycles. The van der Waals surface area contributed by atoms with Gasteiger partial charge in [-0.1, -0.05) is 18.2 Å². The summed E-state index contributed by atoms with van der Waals surface area (Å²) in [6.45, 7) is -0.00766. The molecule has 178 valence electrons. The van der Waals surface area contributed by atoms with Crippen molar-refractivity contribution in [3.8, 4) is 17.0 Å². The highest BCUT2D eigenvalue weighted by Crippen LogP contribution is 2.25. The number of rotatable bonds is 7. The van der Waals surface area contributed by atoms with E-state index in [0.29, 0.717) is 33.9 Å². The van der Waals surface area contributed by atoms with Crippen molar-refractivity contribution in [2.24, 2.45) is 0 Å². The van der Waals surface area contributed by atoms with Gasteiger partial charge in [-0.05, 0) is 48.5 Å². The summed E-state index contributed by atoms with van der Waals surface area (Å²) in [6.07, 6.45) is 6.49. The number of nitrogens with zero attached hydrogens (tertiary/aromatic N) is 4. The van der Waals surface area contributed by atoms with Gasteiger partial charge in [0.25, 0.3) is 5.91 Å². The normalized spacial score (nSPS) is 10.7. The van der Waals surface area contributed by atoms with Crippen LogP contribution in [-0.4, -0.2) is 38.7 Å². The smallest absolute Gasteiger partial charge is 0.256 e. The van der Waals surface area contributed by atoms with Crippen molar-refractivity contribution < 1.29 is 14.3 Å². The Balaban J connectivity index is 1.31. The summed E-state index contributed by atoms with van der Waals surface area (Å²) in [6, 6.07) is 20.0. The van der Waals surface area contributed by atoms with E-state index in [0.717, 1.165) is 10.9 Å². The zero-order valence-corrected chi connectivity index (χ0v) is 19.4. The van der Waals surface area contributed by atoms with E-state index in [1.165, 1.54) is 10.9 Å². The summed E-state index contributed by atoms with van der Waals surface area (Å²) < 4.78 is 6.58. The summed E-state index contributed by atoms with van der Waals surface area (Å²) in [5, 5.41) is 10.6. The van der Waals surface area contributed by atoms with Gasteiger partial charge in [0.15, 0.2) is 0 Å². The number of para-hydroxylation sites is 1. The Morgan fingerprint density at radius 3 is 2.50 bits per heavy atom. The van der Waals surface area contributed by atoms with Gasteiger partial charge in [0, 0.05) is 35.2 Å². The van der Waals surface area contributed by atoms with Crippen molar-refractivity contribution in [2.75, 3.05) is 17.7 Å². The van der Waals surface area contributed by atoms with E-state index in [2.05, 4.69) is 20.7 Å². The SMILES string of the molecule is COc1ccc(NC(=O)Cn2cc(NC(=O)c3cc(-c4ccncc4)nc4ccccc34)cn2)cc1. The fourth-order valence-electron chi connectivity index (χ4n) is 3.77. The van der Waals surface area contributed by atoms with Crippen LogP contribution >= 0.6 is 0 Å². The molecule has 9 heteroatoms. The number of hydrogen-bond donors (Lipinski definition) is 2. The zero-order chi connectivity index (χ0) is 24.9. The van der Waals surface area contributed by atoms with Gasteiger partial charge in [-0.3, -0.25) is 19.3 Å². The number of ether oxygens (including phenoxy) is 1. The molecule has 0 saturated heterocycles. The number of aromatic nitrogens is 4. The molecule has 5 aromatic rings. The molecule has 36 heavy (non-hydrogen) atoms. The summed E-state index contributed by atoms with van der Waals surface area (Å²) >= 11 is 0. The number of carbonyl (C=O) groups excluding carboxylic acids is 2. The molecule has 0 fully saturated rings. The van der Waals surface area contributed by atoms with Crippen LogP contribution in [0.15, 0.2) is 91.5 Å². The Labute approximate surface area is 206 Å². The number of benzene rings is 2. The van der Waals surface area contributed by atoms with E-state index >= 15 is 0 Å². The van der Waals surface area contributed by atoms with Crippen molar-refractivity contribution in [3.05, 3.63) is 97.1 Å². The fraction of sp³-hybridized carbons (Fsp3) is 0.0741. The lowest BCUT2D eigenvalue weighted by Crippen LogP contribution is -2.19. The third kappa shape index (κ3) is 5.05. The molecule has 2 amide bonds. The van der Waals surface area contributed by atoms with Crippen molar-refractivity contribution >= 4 is 34.1 Å². The Morgan fingerprint density at radius 2 is 1.72 bits per heavy atom. The highest BCUT2D eigenvalue weighted by atomic mass is 16.5. The number of methoxy groups -OCH3 is 1. The van der Waals surface area contributed by atoms with Gasteiger partial charge >= 0.3 is 0 Å². The van der Waals surface area contributed by atoms with Gasteiger partial charge in [-0.25, -0.2) is 4.98 Å². The van der Waals surface area contributed by atoms with Crippen LogP contribution in [-0.2, 0) is 11.3 Å². The lowest BCUT2D eigenvalue weighted by Gasteiger charge is -2.10. The van der Waals surface area contributed by atoms with Crippen LogP contribution < -0.4 is 15.4 Å². The maximum absolute atomic E-state index is 13.3. The number of pyridine rings is 2. The van der Waals surface area contributed by atoms with E-state index in [-0.39, 0.29) is 18.4 Å². The summed E-state index contributed by atoms with van der Waals surface area (Å²) in [4.78, 5) is 34.4. The second kappa shape index (κ2) is 10.1. The predicted molar refractivity (Wildman–Crippen MR) is 137 cm³/mol. The van der Waals surface area contributed by atoms with E-state index in [4.69, 9.17) is 9.72 Å². The molecular weight excluding hydrogens is 456 g/mol. The minimum atomic E-state index is -0.300. The van der Waals surface area contributed by atoms with E-state index in [1.54, 1.807) is 56.0 Å². The first-order chi connectivity index (χ1) is 17.6. The molecule has 0 saturated carbocycles. The maximum atomic E-state index is 13.3. The average Bonchev–Trinajstić information content (AvgIpc) is 3.35. The average molecular weight is 479 g/mol. The Morgan fingerprint density at radius 1 is 0.944 bits per heavy atom. The summed E-state index contributed by atoms with van der Waals surface area (Å²) in [5.41, 5.74) is 3.85. The van der Waals surface area contributed by atoms with Crippen LogP contribution in [0.3, 0.4) is 0 Å². The van der Waals surface area contributed by atoms with Gasteiger partial charge in [-0.15, -0.1) is 0 Å². The van der Waals surface area contributed by atoms with Crippen LogP contribution in [0.1, 0.15) is 10.4 Å². The van der Waals surface area contributed by atoms with Gasteiger partial charge in [0.05, 0.1) is 35.8 Å². The number of nitrogens with one attached hydrogen (secondary N) is 2. The molecule has 2 N–H and O–H groups in total. The molecule has 0 aliphatic heterocycles. The Kier molecular flexibility index (Phi) is 6.35. The number of anilines is 2. The largest absolute Gasteiger partial charge is 0.497 e. The van der Waals surface area contributed by atoms with E-state index in [9.17, 15) is 9.59 Å². The highest BCUT2D eigenvalue weighted by molar-refractivity contribution is 6.13. The molecule has 3 heterocycles. The standard InChI is InChI=1S/C27H22N6O3/c1-36-21-8-6-19(7-9-21)30-26(34)17-33-16-20(15-29-33)31-27(35)23-14-25(18-10-12-28-13-11-18)32-24-5-3-2-4-22(23)24/h2-16H,17H2,1H3,(H,30,34)(H,31,35). The van der Waals surface area contributed by atoms with Crippen LogP contribution in [0.4, 0.5) is 11.4 Å². The van der Waals surface area contributed by atoms with Crippen molar-refractivity contribution in [2.45, 2.75) is 6.54 Å². The molecule has 0 bridgehead atoms. The molecule has 0 atom stereocenters. The molecule has 5 rings (SSSR count). The fourth-order valence-corrected chi connectivity index (χ4v) is 3.77. The van der Waals surface area contributed by atoms with Crippen molar-refractivity contribution in [1.29, 1.82) is 0 Å². The minimum absolute atomic E-state index is 0.00766. The molecule has 9 nitrogen and oxygen atoms in total. The number of amides is 2. The zero-order valence-electron chi connectivity index (χ0n) is 19.4. The molecule has 3 aromatic heterocycles. The summed E-state index contributed by atoms with van der Waals surface area (Å²) in [7, 11) is 1.58. The Bertz CT molecular complexity index is 1530. The molecule has 2 aromatic carbocycles. The summed E-state index contributed by atoms with van der Waals surface area (Å²) in [5.74, 6) is 0.157. The molecule has 0 unspecified atom stereocenters. The maximum Gasteiger partial charge on any atom is 0.256 e. The predicted octanol–water partition coefficient (Wildman–Crippen LogP) is 4.39. The third-order valence-electron chi connectivity index (χ3n) is 5.51. The number of carbonyl (C=O) groups is 2. The molecular formula is C27H22N6O3. The number of hydrogen-bond acceptors (Lipinski definition) is 6. The van der Waals surface area contributed by atoms with Gasteiger partial charge in [0.2, 0.25) is 5.91 Å². The van der Waals surface area contributed by atoms with Crippen LogP contribution in [0, 0.1) is 0 Å². The van der Waals surface area contributed by atoms with E-state index < -0.39 is 0 Å². The topological polar surface area (TPSA) is 111 Å². The lowest BCUT2D eigenvalue weighted by atomic mass is 10.0.